The molecule has 0 saturated carbocycles. The summed E-state index contributed by atoms with van der Waals surface area (Å²) in [4.78, 5) is 0. The lowest BCUT2D eigenvalue weighted by atomic mass is 10.2. The van der Waals surface area contributed by atoms with Gasteiger partial charge in [-0.05, 0) is 38.3 Å². The third-order valence-corrected chi connectivity index (χ3v) is 2.23. The van der Waals surface area contributed by atoms with Crippen molar-refractivity contribution in [1.82, 2.24) is 0 Å². The quantitative estimate of drug-likeness (QED) is 0.632. The van der Waals surface area contributed by atoms with E-state index in [9.17, 15) is 4.39 Å². The summed E-state index contributed by atoms with van der Waals surface area (Å²) in [6, 6.07) is 6.48. The zero-order valence-corrected chi connectivity index (χ0v) is 9.75. The summed E-state index contributed by atoms with van der Waals surface area (Å²) in [6.45, 7) is 4.12. The van der Waals surface area contributed by atoms with Gasteiger partial charge in [-0.25, -0.2) is 4.39 Å². The van der Waals surface area contributed by atoms with Crippen molar-refractivity contribution < 1.29 is 13.9 Å². The van der Waals surface area contributed by atoms with Gasteiger partial charge >= 0.3 is 0 Å². The maximum atomic E-state index is 13.1. The molecule has 2 nitrogen and oxygen atoms in total. The zero-order chi connectivity index (χ0) is 11.6. The van der Waals surface area contributed by atoms with Crippen LogP contribution in [0.3, 0.4) is 0 Å². The van der Waals surface area contributed by atoms with Crippen LogP contribution in [0.4, 0.5) is 4.39 Å². The molecule has 0 radical (unpaired) electrons. The Hall–Kier alpha value is -1.09. The smallest absolute Gasteiger partial charge is 0.165 e. The van der Waals surface area contributed by atoms with Crippen LogP contribution in [-0.4, -0.2) is 19.8 Å². The van der Waals surface area contributed by atoms with Gasteiger partial charge < -0.3 is 9.47 Å². The third kappa shape index (κ3) is 5.12. The molecule has 0 unspecified atom stereocenters. The fraction of sp³-hybridized carbons (Fsp3) is 0.538. The summed E-state index contributed by atoms with van der Waals surface area (Å²) in [5.41, 5.74) is 0. The van der Waals surface area contributed by atoms with Crippen LogP contribution < -0.4 is 4.74 Å². The molecule has 0 aromatic heterocycles. The fourth-order valence-electron chi connectivity index (χ4n) is 1.37. The fourth-order valence-corrected chi connectivity index (χ4v) is 1.37. The SMILES string of the molecule is CCOCCCCCOc1ccccc1F. The number of hydrogen-bond donors (Lipinski definition) is 0. The Kier molecular flexibility index (Phi) is 6.58. The minimum atomic E-state index is -0.295. The van der Waals surface area contributed by atoms with Crippen molar-refractivity contribution in [3.8, 4) is 5.75 Å². The maximum absolute atomic E-state index is 13.1. The first-order valence-corrected chi connectivity index (χ1v) is 5.79. The van der Waals surface area contributed by atoms with E-state index >= 15 is 0 Å². The Morgan fingerprint density at radius 1 is 1.06 bits per heavy atom. The van der Waals surface area contributed by atoms with Gasteiger partial charge in [0, 0.05) is 13.2 Å². The highest BCUT2D eigenvalue weighted by atomic mass is 19.1. The second-order valence-electron chi connectivity index (χ2n) is 3.54. The summed E-state index contributed by atoms with van der Waals surface area (Å²) in [6.07, 6.45) is 3.02. The van der Waals surface area contributed by atoms with E-state index in [2.05, 4.69) is 0 Å². The van der Waals surface area contributed by atoms with Gasteiger partial charge in [0.1, 0.15) is 0 Å². The molecule has 0 saturated heterocycles. The Morgan fingerprint density at radius 2 is 1.81 bits per heavy atom. The van der Waals surface area contributed by atoms with E-state index in [4.69, 9.17) is 9.47 Å². The minimum Gasteiger partial charge on any atom is -0.491 e. The van der Waals surface area contributed by atoms with Gasteiger partial charge in [0.05, 0.1) is 6.61 Å². The van der Waals surface area contributed by atoms with Crippen LogP contribution in [-0.2, 0) is 4.74 Å². The lowest BCUT2D eigenvalue weighted by Gasteiger charge is -2.06. The van der Waals surface area contributed by atoms with Gasteiger partial charge in [-0.2, -0.15) is 0 Å². The molecule has 0 spiro atoms. The lowest BCUT2D eigenvalue weighted by Crippen LogP contribution is -2.00. The molecule has 0 aliphatic rings. The van der Waals surface area contributed by atoms with Gasteiger partial charge in [0.2, 0.25) is 0 Å². The second kappa shape index (κ2) is 8.11. The molecule has 0 aliphatic heterocycles. The van der Waals surface area contributed by atoms with Crippen molar-refractivity contribution in [3.63, 3.8) is 0 Å². The van der Waals surface area contributed by atoms with Crippen molar-refractivity contribution in [2.75, 3.05) is 19.8 Å². The average molecular weight is 226 g/mol. The number of rotatable bonds is 8. The lowest BCUT2D eigenvalue weighted by molar-refractivity contribution is 0.141. The molecule has 0 bridgehead atoms. The second-order valence-corrected chi connectivity index (χ2v) is 3.54. The Morgan fingerprint density at radius 3 is 2.56 bits per heavy atom. The normalized spacial score (nSPS) is 10.4. The summed E-state index contributed by atoms with van der Waals surface area (Å²) >= 11 is 0. The van der Waals surface area contributed by atoms with E-state index < -0.39 is 0 Å². The van der Waals surface area contributed by atoms with Crippen molar-refractivity contribution >= 4 is 0 Å². The topological polar surface area (TPSA) is 18.5 Å². The monoisotopic (exact) mass is 226 g/mol. The molecule has 0 atom stereocenters. The van der Waals surface area contributed by atoms with Crippen LogP contribution in [0.15, 0.2) is 24.3 Å². The predicted octanol–water partition coefficient (Wildman–Crippen LogP) is 3.41. The van der Waals surface area contributed by atoms with Crippen LogP contribution in [0.2, 0.25) is 0 Å². The molecule has 0 N–H and O–H groups in total. The summed E-state index contributed by atoms with van der Waals surface area (Å²) in [5.74, 6) is 0.0455. The van der Waals surface area contributed by atoms with E-state index in [1.807, 2.05) is 6.92 Å². The van der Waals surface area contributed by atoms with E-state index in [-0.39, 0.29) is 5.82 Å². The standard InChI is InChI=1S/C13H19FO2/c1-2-15-10-6-3-7-11-16-13-9-5-4-8-12(13)14/h4-5,8-9H,2-3,6-7,10-11H2,1H3. The van der Waals surface area contributed by atoms with E-state index in [0.29, 0.717) is 12.4 Å². The molecule has 0 amide bonds. The Bertz CT molecular complexity index is 289. The molecule has 90 valence electrons. The van der Waals surface area contributed by atoms with Crippen LogP contribution >= 0.6 is 0 Å². The van der Waals surface area contributed by atoms with Gasteiger partial charge in [-0.15, -0.1) is 0 Å². The van der Waals surface area contributed by atoms with Gasteiger partial charge in [-0.3, -0.25) is 0 Å². The van der Waals surface area contributed by atoms with E-state index in [1.165, 1.54) is 6.07 Å². The summed E-state index contributed by atoms with van der Waals surface area (Å²) in [7, 11) is 0. The van der Waals surface area contributed by atoms with Gasteiger partial charge in [0.25, 0.3) is 0 Å². The molecule has 0 heterocycles. The molecular formula is C13H19FO2. The van der Waals surface area contributed by atoms with Crippen molar-refractivity contribution in [2.24, 2.45) is 0 Å². The van der Waals surface area contributed by atoms with Crippen LogP contribution in [0.1, 0.15) is 26.2 Å². The first-order valence-electron chi connectivity index (χ1n) is 5.79. The molecule has 0 fully saturated rings. The third-order valence-electron chi connectivity index (χ3n) is 2.23. The first kappa shape index (κ1) is 13.0. The van der Waals surface area contributed by atoms with Crippen molar-refractivity contribution in [1.29, 1.82) is 0 Å². The molecular weight excluding hydrogens is 207 g/mol. The predicted molar refractivity (Wildman–Crippen MR) is 62.2 cm³/mol. The molecule has 3 heteroatoms. The summed E-state index contributed by atoms with van der Waals surface area (Å²) < 4.78 is 23.7. The molecule has 1 aromatic carbocycles. The number of ether oxygens (including phenoxy) is 2. The molecule has 1 aromatic rings. The molecule has 0 aliphatic carbocycles. The summed E-state index contributed by atoms with van der Waals surface area (Å²) in [5, 5.41) is 0. The molecule has 1 rings (SSSR count). The number of halogens is 1. The van der Waals surface area contributed by atoms with Crippen LogP contribution in [0.25, 0.3) is 0 Å². The molecule has 16 heavy (non-hydrogen) atoms. The van der Waals surface area contributed by atoms with E-state index in [1.54, 1.807) is 18.2 Å². The highest BCUT2D eigenvalue weighted by Gasteiger charge is 2.00. The number of benzene rings is 1. The number of unbranched alkanes of at least 4 members (excludes halogenated alkanes) is 2. The Labute approximate surface area is 96.4 Å². The first-order chi connectivity index (χ1) is 7.84. The largest absolute Gasteiger partial charge is 0.491 e. The maximum Gasteiger partial charge on any atom is 0.165 e. The highest BCUT2D eigenvalue weighted by molar-refractivity contribution is 5.23. The van der Waals surface area contributed by atoms with Crippen LogP contribution in [0.5, 0.6) is 5.75 Å². The zero-order valence-electron chi connectivity index (χ0n) is 9.75. The highest BCUT2D eigenvalue weighted by Crippen LogP contribution is 2.15. The van der Waals surface area contributed by atoms with Crippen LogP contribution in [0, 0.1) is 5.82 Å². The van der Waals surface area contributed by atoms with Gasteiger partial charge in [0.15, 0.2) is 11.6 Å². The number of para-hydroxylation sites is 1. The van der Waals surface area contributed by atoms with Crippen molar-refractivity contribution in [2.45, 2.75) is 26.2 Å². The van der Waals surface area contributed by atoms with E-state index in [0.717, 1.165) is 32.5 Å². The van der Waals surface area contributed by atoms with Gasteiger partial charge in [-0.1, -0.05) is 12.1 Å². The average Bonchev–Trinajstić information content (AvgIpc) is 2.30. The van der Waals surface area contributed by atoms with Crippen molar-refractivity contribution in [3.05, 3.63) is 30.1 Å². The number of hydrogen-bond acceptors (Lipinski definition) is 2. The minimum absolute atomic E-state index is 0.295. The Balaban J connectivity index is 2.05.